The largest absolute Gasteiger partial charge is 0.152 e. The van der Waals surface area contributed by atoms with E-state index in [1.807, 2.05) is 11.3 Å². The number of unbranched alkanes of at least 4 members (excludes halogenated alkanes) is 17. The molecule has 1 aromatic rings. The van der Waals surface area contributed by atoms with Gasteiger partial charge in [0.05, 0.1) is 0 Å². The van der Waals surface area contributed by atoms with Gasteiger partial charge in [0, 0.05) is 0 Å². The maximum atomic E-state index is 2.41. The molecule has 0 aliphatic carbocycles. The summed E-state index contributed by atoms with van der Waals surface area (Å²) in [5, 5.41) is 4.69. The molecule has 0 fully saturated rings. The van der Waals surface area contributed by atoms with Gasteiger partial charge in [0.1, 0.15) is 0 Å². The van der Waals surface area contributed by atoms with Gasteiger partial charge in [-0.2, -0.15) is 11.3 Å². The third-order valence-corrected chi connectivity index (χ3v) is 7.28. The zero-order chi connectivity index (χ0) is 20.8. The quantitative estimate of drug-likeness (QED) is 0.164. The second-order valence-electron chi connectivity index (χ2n) is 9.34. The Kier molecular flexibility index (Phi) is 19.3. The van der Waals surface area contributed by atoms with Crippen molar-refractivity contribution in [3.05, 3.63) is 22.4 Å². The Morgan fingerprint density at radius 1 is 0.552 bits per heavy atom. The van der Waals surface area contributed by atoms with Crippen LogP contribution >= 0.6 is 11.3 Å². The molecule has 0 bridgehead atoms. The van der Waals surface area contributed by atoms with Crippen molar-refractivity contribution < 1.29 is 0 Å². The van der Waals surface area contributed by atoms with Crippen LogP contribution in [0.25, 0.3) is 0 Å². The van der Waals surface area contributed by atoms with Gasteiger partial charge in [0.15, 0.2) is 0 Å². The van der Waals surface area contributed by atoms with Crippen LogP contribution in [0.3, 0.4) is 0 Å². The number of thiophene rings is 1. The van der Waals surface area contributed by atoms with E-state index in [9.17, 15) is 0 Å². The summed E-state index contributed by atoms with van der Waals surface area (Å²) in [6.45, 7) is 4.61. The summed E-state index contributed by atoms with van der Waals surface area (Å²) in [5.74, 6) is 0.833. The van der Waals surface area contributed by atoms with Crippen LogP contribution in [-0.2, 0) is 0 Å². The second kappa shape index (κ2) is 21.0. The van der Waals surface area contributed by atoms with Crippen molar-refractivity contribution in [2.24, 2.45) is 0 Å². The Morgan fingerprint density at radius 3 is 1.28 bits per heavy atom. The second-order valence-corrected chi connectivity index (χ2v) is 10.1. The minimum atomic E-state index is 0.833. The zero-order valence-electron chi connectivity index (χ0n) is 20.1. The van der Waals surface area contributed by atoms with Crippen molar-refractivity contribution in [1.29, 1.82) is 0 Å². The SMILES string of the molecule is CCCCCCCCCCCCC(CCCCCCCCCCC)c1ccsc1. The summed E-state index contributed by atoms with van der Waals surface area (Å²) in [7, 11) is 0. The normalized spacial score (nSPS) is 12.5. The van der Waals surface area contributed by atoms with Crippen LogP contribution in [0.15, 0.2) is 16.8 Å². The highest BCUT2D eigenvalue weighted by Gasteiger charge is 2.11. The molecule has 1 rings (SSSR count). The lowest BCUT2D eigenvalue weighted by Crippen LogP contribution is -1.98. The van der Waals surface area contributed by atoms with Gasteiger partial charge < -0.3 is 0 Å². The summed E-state index contributed by atoms with van der Waals surface area (Å²) < 4.78 is 0. The Balaban J connectivity index is 2.04. The van der Waals surface area contributed by atoms with E-state index < -0.39 is 0 Å². The van der Waals surface area contributed by atoms with E-state index in [1.165, 1.54) is 135 Å². The highest BCUT2D eigenvalue weighted by molar-refractivity contribution is 7.07. The molecule has 1 unspecified atom stereocenters. The number of hydrogen-bond acceptors (Lipinski definition) is 1. The first-order chi connectivity index (χ1) is 14.4. The lowest BCUT2D eigenvalue weighted by Gasteiger charge is -2.16. The van der Waals surface area contributed by atoms with Crippen LogP contribution in [0.2, 0.25) is 0 Å². The van der Waals surface area contributed by atoms with E-state index >= 15 is 0 Å². The highest BCUT2D eigenvalue weighted by Crippen LogP contribution is 2.30. The topological polar surface area (TPSA) is 0 Å². The summed E-state index contributed by atoms with van der Waals surface area (Å²) in [6.07, 6.45) is 30.3. The standard InChI is InChI=1S/C28H52S/c1-3-5-7-9-11-13-15-17-19-21-23-27(28-24-25-29-26-28)22-20-18-16-14-12-10-8-6-4-2/h24-27H,3-23H2,1-2H3. The summed E-state index contributed by atoms with van der Waals surface area (Å²) in [6, 6.07) is 2.39. The Labute approximate surface area is 188 Å². The van der Waals surface area contributed by atoms with Gasteiger partial charge in [-0.05, 0) is 41.1 Å². The highest BCUT2D eigenvalue weighted by atomic mass is 32.1. The molecule has 0 spiro atoms. The van der Waals surface area contributed by atoms with Crippen LogP contribution in [0.1, 0.15) is 160 Å². The van der Waals surface area contributed by atoms with Crippen molar-refractivity contribution in [3.63, 3.8) is 0 Å². The predicted molar refractivity (Wildman–Crippen MR) is 135 cm³/mol. The van der Waals surface area contributed by atoms with Gasteiger partial charge in [-0.15, -0.1) is 0 Å². The molecule has 0 nitrogen and oxygen atoms in total. The van der Waals surface area contributed by atoms with E-state index in [1.54, 1.807) is 5.56 Å². The third kappa shape index (κ3) is 16.1. The molecular weight excluding hydrogens is 368 g/mol. The summed E-state index contributed by atoms with van der Waals surface area (Å²) >= 11 is 1.88. The fraction of sp³-hybridized carbons (Fsp3) is 0.857. The van der Waals surface area contributed by atoms with Crippen molar-refractivity contribution in [3.8, 4) is 0 Å². The number of hydrogen-bond donors (Lipinski definition) is 0. The minimum absolute atomic E-state index is 0.833. The van der Waals surface area contributed by atoms with Gasteiger partial charge in [-0.25, -0.2) is 0 Å². The maximum absolute atomic E-state index is 2.41. The van der Waals surface area contributed by atoms with E-state index in [0.29, 0.717) is 0 Å². The molecule has 0 radical (unpaired) electrons. The first kappa shape index (κ1) is 26.7. The molecule has 0 N–H and O–H groups in total. The Bertz CT molecular complexity index is 408. The predicted octanol–water partition coefficient (Wildman–Crippen LogP) is 11.1. The molecule has 0 aliphatic heterocycles. The first-order valence-electron chi connectivity index (χ1n) is 13.4. The van der Waals surface area contributed by atoms with Gasteiger partial charge in [0.2, 0.25) is 0 Å². The molecular formula is C28H52S. The molecule has 29 heavy (non-hydrogen) atoms. The molecule has 0 aliphatic rings. The fourth-order valence-electron chi connectivity index (χ4n) is 4.56. The lowest BCUT2D eigenvalue weighted by atomic mass is 9.89. The fourth-order valence-corrected chi connectivity index (χ4v) is 5.31. The van der Waals surface area contributed by atoms with E-state index in [-0.39, 0.29) is 0 Å². The van der Waals surface area contributed by atoms with Crippen LogP contribution in [0.5, 0.6) is 0 Å². The van der Waals surface area contributed by atoms with Crippen molar-refractivity contribution in [2.75, 3.05) is 0 Å². The van der Waals surface area contributed by atoms with Crippen LogP contribution < -0.4 is 0 Å². The van der Waals surface area contributed by atoms with Crippen molar-refractivity contribution >= 4 is 11.3 Å². The van der Waals surface area contributed by atoms with E-state index in [0.717, 1.165) is 5.92 Å². The molecule has 1 atom stereocenters. The molecule has 170 valence electrons. The monoisotopic (exact) mass is 420 g/mol. The molecule has 1 aromatic heterocycles. The van der Waals surface area contributed by atoms with Crippen LogP contribution in [0.4, 0.5) is 0 Å². The molecule has 0 saturated heterocycles. The molecule has 0 aromatic carbocycles. The van der Waals surface area contributed by atoms with Crippen molar-refractivity contribution in [2.45, 2.75) is 155 Å². The molecule has 1 heteroatoms. The maximum Gasteiger partial charge on any atom is -0.00584 e. The van der Waals surface area contributed by atoms with Gasteiger partial charge in [-0.3, -0.25) is 0 Å². The zero-order valence-corrected chi connectivity index (χ0v) is 20.9. The van der Waals surface area contributed by atoms with Gasteiger partial charge in [-0.1, -0.05) is 136 Å². The summed E-state index contributed by atoms with van der Waals surface area (Å²) in [5.41, 5.74) is 1.63. The number of rotatable bonds is 22. The minimum Gasteiger partial charge on any atom is -0.152 e. The molecule has 0 saturated carbocycles. The first-order valence-corrected chi connectivity index (χ1v) is 14.3. The summed E-state index contributed by atoms with van der Waals surface area (Å²) in [4.78, 5) is 0. The third-order valence-electron chi connectivity index (χ3n) is 6.58. The van der Waals surface area contributed by atoms with Gasteiger partial charge in [0.25, 0.3) is 0 Å². The van der Waals surface area contributed by atoms with E-state index in [2.05, 4.69) is 30.7 Å². The van der Waals surface area contributed by atoms with Crippen molar-refractivity contribution in [1.82, 2.24) is 0 Å². The Hall–Kier alpha value is -0.300. The van der Waals surface area contributed by atoms with Crippen LogP contribution in [-0.4, -0.2) is 0 Å². The molecule has 0 amide bonds. The lowest BCUT2D eigenvalue weighted by molar-refractivity contribution is 0.482. The average molecular weight is 421 g/mol. The Morgan fingerprint density at radius 2 is 0.931 bits per heavy atom. The van der Waals surface area contributed by atoms with Gasteiger partial charge >= 0.3 is 0 Å². The average Bonchev–Trinajstić information content (AvgIpc) is 3.27. The molecule has 1 heterocycles. The smallest absolute Gasteiger partial charge is 0.00584 e. The van der Waals surface area contributed by atoms with E-state index in [4.69, 9.17) is 0 Å². The van der Waals surface area contributed by atoms with Crippen LogP contribution in [0, 0.1) is 0 Å².